The van der Waals surface area contributed by atoms with Crippen molar-refractivity contribution < 1.29 is 42.5 Å². The van der Waals surface area contributed by atoms with Crippen molar-refractivity contribution >= 4 is 28.9 Å². The van der Waals surface area contributed by atoms with Gasteiger partial charge in [0.25, 0.3) is 0 Å². The molecule has 0 radical (unpaired) electrons. The van der Waals surface area contributed by atoms with Gasteiger partial charge < -0.3 is 30.2 Å². The van der Waals surface area contributed by atoms with Crippen molar-refractivity contribution in [1.29, 1.82) is 0 Å². The number of amides is 2. The van der Waals surface area contributed by atoms with Crippen molar-refractivity contribution in [3.05, 3.63) is 65.4 Å². The van der Waals surface area contributed by atoms with Crippen LogP contribution in [0.15, 0.2) is 48.5 Å². The van der Waals surface area contributed by atoms with Gasteiger partial charge in [-0.25, -0.2) is 9.59 Å². The Labute approximate surface area is 233 Å². The molecule has 220 valence electrons. The van der Waals surface area contributed by atoms with Crippen molar-refractivity contribution in [3.8, 4) is 5.75 Å². The van der Waals surface area contributed by atoms with Gasteiger partial charge in [0, 0.05) is 42.8 Å². The van der Waals surface area contributed by atoms with Crippen LogP contribution < -0.4 is 10.1 Å². The topological polar surface area (TPSA) is 135 Å². The van der Waals surface area contributed by atoms with Gasteiger partial charge in [-0.05, 0) is 49.6 Å². The molecule has 2 aromatic carbocycles. The normalized spacial score (nSPS) is 18.5. The number of carbonyl (C=O) groups is 3. The average Bonchev–Trinajstić information content (AvgIpc) is 3.50. The number of nitrogens with one attached hydrogen (secondary N) is 2. The second-order valence-electron chi connectivity index (χ2n) is 10.0. The van der Waals surface area contributed by atoms with Gasteiger partial charge in [-0.1, -0.05) is 29.8 Å². The lowest BCUT2D eigenvalue weighted by atomic mass is 9.84. The van der Waals surface area contributed by atoms with E-state index in [0.717, 1.165) is 42.9 Å². The van der Waals surface area contributed by atoms with Crippen LogP contribution in [0.1, 0.15) is 23.2 Å². The van der Waals surface area contributed by atoms with E-state index < -0.39 is 30.2 Å². The third kappa shape index (κ3) is 6.73. The van der Waals surface area contributed by atoms with E-state index >= 15 is 0 Å². The van der Waals surface area contributed by atoms with Crippen LogP contribution >= 0.6 is 0 Å². The maximum atomic E-state index is 13.1. The third-order valence-corrected chi connectivity index (χ3v) is 7.25. The van der Waals surface area contributed by atoms with Crippen LogP contribution in [0, 0.1) is 6.92 Å². The number of carboxylic acid groups (broad SMARTS) is 2. The van der Waals surface area contributed by atoms with Crippen LogP contribution in [0.3, 0.4) is 0 Å². The van der Waals surface area contributed by atoms with Gasteiger partial charge in [0.2, 0.25) is 0 Å². The highest BCUT2D eigenvalue weighted by Crippen LogP contribution is 2.44. The molecule has 13 heteroatoms. The van der Waals surface area contributed by atoms with Crippen molar-refractivity contribution in [1.82, 2.24) is 20.1 Å². The first-order valence-electron chi connectivity index (χ1n) is 13.0. The molecule has 0 bridgehead atoms. The molecule has 1 fully saturated rings. The first-order chi connectivity index (χ1) is 19.4. The zero-order valence-electron chi connectivity index (χ0n) is 22.3. The fourth-order valence-corrected chi connectivity index (χ4v) is 5.43. The predicted molar refractivity (Wildman–Crippen MR) is 143 cm³/mol. The summed E-state index contributed by atoms with van der Waals surface area (Å²) in [5.41, 5.74) is 4.10. The number of rotatable bonds is 6. The highest BCUT2D eigenvalue weighted by molar-refractivity contribution is 5.87. The number of carboxylic acids is 2. The fourth-order valence-electron chi connectivity index (χ4n) is 5.43. The predicted octanol–water partition coefficient (Wildman–Crippen LogP) is 3.74. The number of carbonyl (C=O) groups excluding carboxylic acids is 1. The summed E-state index contributed by atoms with van der Waals surface area (Å²) in [7, 11) is 0. The average molecular weight is 577 g/mol. The summed E-state index contributed by atoms with van der Waals surface area (Å²) in [4.78, 5) is 40.9. The molecule has 1 spiro atoms. The summed E-state index contributed by atoms with van der Waals surface area (Å²) in [6.45, 7) is 5.05. The van der Waals surface area contributed by atoms with Crippen LogP contribution in [-0.2, 0) is 21.5 Å². The van der Waals surface area contributed by atoms with Gasteiger partial charge in [0.05, 0.1) is 5.54 Å². The number of aliphatic carboxylic acids is 2. The number of aromatic nitrogens is 1. The third-order valence-electron chi connectivity index (χ3n) is 7.25. The Morgan fingerprint density at radius 3 is 2.46 bits per heavy atom. The van der Waals surface area contributed by atoms with Crippen LogP contribution in [-0.4, -0.2) is 88.5 Å². The van der Waals surface area contributed by atoms with E-state index in [-0.39, 0.29) is 6.03 Å². The van der Waals surface area contributed by atoms with E-state index in [2.05, 4.69) is 40.3 Å². The monoisotopic (exact) mass is 576 g/mol. The number of ether oxygens (including phenoxy) is 1. The number of urea groups is 1. The molecule has 3 aromatic rings. The van der Waals surface area contributed by atoms with Gasteiger partial charge >= 0.3 is 24.1 Å². The molecule has 41 heavy (non-hydrogen) atoms. The number of hydrogen-bond donors (Lipinski definition) is 4. The van der Waals surface area contributed by atoms with Gasteiger partial charge in [0.1, 0.15) is 18.9 Å². The number of aryl methyl sites for hydroxylation is 1. The largest absolute Gasteiger partial charge is 0.492 e. The van der Waals surface area contributed by atoms with Crippen molar-refractivity contribution in [2.75, 3.05) is 39.3 Å². The number of para-hydroxylation sites is 1. The zero-order chi connectivity index (χ0) is 29.8. The minimum absolute atomic E-state index is 0.328. The van der Waals surface area contributed by atoms with Crippen LogP contribution in [0.5, 0.6) is 5.75 Å². The lowest BCUT2D eigenvalue weighted by Gasteiger charge is -2.44. The molecule has 0 aliphatic carbocycles. The number of nitrogens with zero attached hydrogens (tertiary/aromatic N) is 2. The molecule has 2 aliphatic rings. The number of alkyl halides is 3. The molecule has 1 atom stereocenters. The molecule has 1 saturated heterocycles. The first-order valence-corrected chi connectivity index (χ1v) is 13.0. The van der Waals surface area contributed by atoms with E-state index in [1.54, 1.807) is 0 Å². The summed E-state index contributed by atoms with van der Waals surface area (Å²) in [5, 5.41) is 20.0. The Morgan fingerprint density at radius 1 is 1.10 bits per heavy atom. The fraction of sp³-hybridized carbons (Fsp3) is 0.393. The number of halogens is 3. The summed E-state index contributed by atoms with van der Waals surface area (Å²) in [6.07, 6.45) is -3.57. The van der Waals surface area contributed by atoms with E-state index in [4.69, 9.17) is 19.7 Å². The minimum atomic E-state index is -5.08. The van der Waals surface area contributed by atoms with E-state index in [0.29, 0.717) is 19.7 Å². The van der Waals surface area contributed by atoms with Gasteiger partial charge in [-0.2, -0.15) is 13.2 Å². The van der Waals surface area contributed by atoms with Crippen molar-refractivity contribution in [2.45, 2.75) is 31.5 Å². The van der Waals surface area contributed by atoms with E-state index in [9.17, 15) is 22.8 Å². The maximum absolute atomic E-state index is 13.1. The number of benzene rings is 2. The van der Waals surface area contributed by atoms with Crippen LogP contribution in [0.2, 0.25) is 0 Å². The highest BCUT2D eigenvalue weighted by Gasteiger charge is 2.51. The maximum Gasteiger partial charge on any atom is 0.490 e. The molecule has 4 N–H and O–H groups in total. The number of likely N-dealkylation sites (tertiary alicyclic amines) is 1. The molecule has 5 rings (SSSR count). The molecule has 0 saturated carbocycles. The summed E-state index contributed by atoms with van der Waals surface area (Å²) in [6, 6.07) is 15.8. The SMILES string of the molecule is Cc1ccc2[nH]c3c(c2c1)CCN(C(=O)NCC(=O)O)C31CCN(CCOc2ccccc2)C1.O=C(O)C(F)(F)F. The molecular formula is C28H31F3N4O6. The van der Waals surface area contributed by atoms with Crippen LogP contribution in [0.25, 0.3) is 10.9 Å². The highest BCUT2D eigenvalue weighted by atomic mass is 19.4. The number of H-pyrrole nitrogens is 1. The first kappa shape index (κ1) is 29.7. The van der Waals surface area contributed by atoms with Gasteiger partial charge in [0.15, 0.2) is 0 Å². The number of fused-ring (bicyclic) bond motifs is 4. The Morgan fingerprint density at radius 2 is 1.80 bits per heavy atom. The second-order valence-corrected chi connectivity index (χ2v) is 10.0. The smallest absolute Gasteiger partial charge is 0.490 e. The van der Waals surface area contributed by atoms with E-state index in [1.165, 1.54) is 16.5 Å². The summed E-state index contributed by atoms with van der Waals surface area (Å²) < 4.78 is 37.6. The molecule has 1 aromatic heterocycles. The quantitative estimate of drug-likeness (QED) is 0.351. The molecule has 2 aliphatic heterocycles. The molecule has 3 heterocycles. The van der Waals surface area contributed by atoms with Crippen molar-refractivity contribution in [3.63, 3.8) is 0 Å². The lowest BCUT2D eigenvalue weighted by molar-refractivity contribution is -0.192. The Bertz CT molecular complexity index is 1410. The van der Waals surface area contributed by atoms with Gasteiger partial charge in [-0.15, -0.1) is 0 Å². The van der Waals surface area contributed by atoms with Crippen LogP contribution in [0.4, 0.5) is 18.0 Å². The minimum Gasteiger partial charge on any atom is -0.492 e. The summed E-state index contributed by atoms with van der Waals surface area (Å²) >= 11 is 0. The number of aromatic amines is 1. The van der Waals surface area contributed by atoms with Crippen molar-refractivity contribution in [2.24, 2.45) is 0 Å². The molecular weight excluding hydrogens is 545 g/mol. The molecule has 2 amide bonds. The Balaban J connectivity index is 0.000000493. The standard InChI is InChI=1S/C26H30N4O4.C2HF3O2/c1-18-7-8-22-21(15-18)20-9-11-30(25(33)27-16-23(31)32)26(24(20)28-22)10-12-29(17-26)13-14-34-19-5-3-2-4-6-19;3-2(4,5)1(6)7/h2-8,15,28H,9-14,16-17H2,1H3,(H,27,33)(H,31,32);(H,6,7). The Kier molecular flexibility index (Phi) is 8.76. The van der Waals surface area contributed by atoms with E-state index in [1.807, 2.05) is 35.2 Å². The lowest BCUT2D eigenvalue weighted by Crippen LogP contribution is -2.58. The second kappa shape index (κ2) is 12.1. The molecule has 10 nitrogen and oxygen atoms in total. The molecule has 1 unspecified atom stereocenters. The summed E-state index contributed by atoms with van der Waals surface area (Å²) in [5.74, 6) is -2.96. The van der Waals surface area contributed by atoms with Gasteiger partial charge in [-0.3, -0.25) is 9.69 Å². The zero-order valence-corrected chi connectivity index (χ0v) is 22.3. The number of hydrogen-bond acceptors (Lipinski definition) is 5. The Hall–Kier alpha value is -4.26.